The minimum Gasteiger partial charge on any atom is -0.384 e. The van der Waals surface area contributed by atoms with Crippen LogP contribution in [0.5, 0.6) is 0 Å². The summed E-state index contributed by atoms with van der Waals surface area (Å²) in [6.07, 6.45) is 0.779. The fourth-order valence-electron chi connectivity index (χ4n) is 3.51. The van der Waals surface area contributed by atoms with Crippen LogP contribution in [0.15, 0.2) is 12.2 Å². The van der Waals surface area contributed by atoms with E-state index in [4.69, 9.17) is 23.7 Å². The molecule has 0 aromatic heterocycles. The van der Waals surface area contributed by atoms with Crippen LogP contribution >= 0.6 is 0 Å². The summed E-state index contributed by atoms with van der Waals surface area (Å²) in [7, 11) is 0. The molecule has 24 heavy (non-hydrogen) atoms. The van der Waals surface area contributed by atoms with Crippen LogP contribution in [0.25, 0.3) is 0 Å². The number of carbonyl (C=O) groups excluding carboxylic acids is 1. The molecule has 3 aliphatic rings. The van der Waals surface area contributed by atoms with Gasteiger partial charge in [0.05, 0.1) is 6.61 Å². The first-order chi connectivity index (χ1) is 11.0. The number of allylic oxidation sites excluding steroid dienone is 1. The smallest absolute Gasteiger partial charge is 0.190 e. The second-order valence-electron chi connectivity index (χ2n) is 7.56. The van der Waals surface area contributed by atoms with E-state index in [1.807, 2.05) is 13.8 Å². The van der Waals surface area contributed by atoms with Crippen molar-refractivity contribution in [2.75, 3.05) is 6.61 Å². The second-order valence-corrected chi connectivity index (χ2v) is 7.56. The van der Waals surface area contributed by atoms with Gasteiger partial charge in [-0.1, -0.05) is 6.08 Å². The van der Waals surface area contributed by atoms with Crippen molar-refractivity contribution in [1.29, 1.82) is 0 Å². The first-order valence-corrected chi connectivity index (χ1v) is 8.25. The van der Waals surface area contributed by atoms with Gasteiger partial charge in [0.2, 0.25) is 0 Å². The van der Waals surface area contributed by atoms with Gasteiger partial charge in [0.25, 0.3) is 0 Å². The van der Waals surface area contributed by atoms with Gasteiger partial charge in [0.15, 0.2) is 23.6 Å². The van der Waals surface area contributed by atoms with Gasteiger partial charge in [-0.2, -0.15) is 0 Å². The summed E-state index contributed by atoms with van der Waals surface area (Å²) in [5.74, 6) is -1.66. The van der Waals surface area contributed by atoms with Crippen molar-refractivity contribution in [2.45, 2.75) is 82.8 Å². The molecular weight excluding hydrogens is 316 g/mol. The summed E-state index contributed by atoms with van der Waals surface area (Å²) in [4.78, 5) is 11.2. The summed E-state index contributed by atoms with van der Waals surface area (Å²) >= 11 is 0. The van der Waals surface area contributed by atoms with Crippen LogP contribution in [0.4, 0.5) is 0 Å². The SMILES string of the molecule is CC(=O)/C=C/C[C@@]1(O)[C@@H](C2COC(C)(C)O2)O[C@@H]2OC(C)(C)O[C@@H]21. The fraction of sp³-hybridized carbons (Fsp3) is 0.824. The van der Waals surface area contributed by atoms with Crippen LogP contribution in [-0.4, -0.2) is 59.3 Å². The molecule has 0 spiro atoms. The third kappa shape index (κ3) is 3.29. The van der Waals surface area contributed by atoms with Crippen LogP contribution in [0.1, 0.15) is 41.0 Å². The van der Waals surface area contributed by atoms with Crippen LogP contribution in [0, 0.1) is 0 Å². The van der Waals surface area contributed by atoms with E-state index in [2.05, 4.69) is 0 Å². The fourth-order valence-corrected chi connectivity index (χ4v) is 3.51. The van der Waals surface area contributed by atoms with Gasteiger partial charge >= 0.3 is 0 Å². The molecule has 3 rings (SSSR count). The molecular formula is C17H26O7. The largest absolute Gasteiger partial charge is 0.384 e. The Labute approximate surface area is 141 Å². The van der Waals surface area contributed by atoms with Gasteiger partial charge in [-0.25, -0.2) is 0 Å². The van der Waals surface area contributed by atoms with E-state index in [9.17, 15) is 9.90 Å². The lowest BCUT2D eigenvalue weighted by Gasteiger charge is -2.35. The van der Waals surface area contributed by atoms with Crippen molar-refractivity contribution in [3.05, 3.63) is 12.2 Å². The van der Waals surface area contributed by atoms with Gasteiger partial charge in [0.1, 0.15) is 23.9 Å². The van der Waals surface area contributed by atoms with Crippen LogP contribution in [-0.2, 0) is 28.5 Å². The molecule has 0 saturated carbocycles. The molecule has 0 bridgehead atoms. The Bertz CT molecular complexity index is 541. The molecule has 3 heterocycles. The summed E-state index contributed by atoms with van der Waals surface area (Å²) in [6, 6.07) is 0. The number of ketones is 1. The normalized spacial score (nSPS) is 43.4. The molecule has 1 N–H and O–H groups in total. The highest BCUT2D eigenvalue weighted by atomic mass is 16.8. The molecule has 7 nitrogen and oxygen atoms in total. The van der Waals surface area contributed by atoms with Gasteiger partial charge in [-0.15, -0.1) is 0 Å². The van der Waals surface area contributed by atoms with E-state index in [1.54, 1.807) is 19.9 Å². The van der Waals surface area contributed by atoms with Gasteiger partial charge in [-0.3, -0.25) is 4.79 Å². The maximum Gasteiger partial charge on any atom is 0.190 e. The third-order valence-electron chi connectivity index (χ3n) is 4.49. The predicted octanol–water partition coefficient (Wildman–Crippen LogP) is 1.28. The monoisotopic (exact) mass is 342 g/mol. The zero-order valence-corrected chi connectivity index (χ0v) is 14.8. The second kappa shape index (κ2) is 5.86. The Kier molecular flexibility index (Phi) is 4.39. The molecule has 3 aliphatic heterocycles. The van der Waals surface area contributed by atoms with Crippen LogP contribution in [0.3, 0.4) is 0 Å². The van der Waals surface area contributed by atoms with Gasteiger partial charge in [-0.05, 0) is 47.1 Å². The number of hydrogen-bond donors (Lipinski definition) is 1. The zero-order chi connectivity index (χ0) is 17.8. The standard InChI is InChI=1S/C17H26O7/c1-10(18)7-6-8-17(19)12(11-9-20-15(2,3)22-11)21-14-13(17)23-16(4,5)24-14/h6-7,11-14,19H,8-9H2,1-5H3/b7-6+/t11?,12-,13+,14-,17-/m1/s1. The van der Waals surface area contributed by atoms with Gasteiger partial charge < -0.3 is 28.8 Å². The summed E-state index contributed by atoms with van der Waals surface area (Å²) < 4.78 is 29.0. The predicted molar refractivity (Wildman–Crippen MR) is 83.0 cm³/mol. The molecule has 0 aliphatic carbocycles. The highest BCUT2D eigenvalue weighted by molar-refractivity contribution is 5.87. The molecule has 1 unspecified atom stereocenters. The Hall–Kier alpha value is -0.830. The molecule has 3 fully saturated rings. The van der Waals surface area contributed by atoms with Crippen molar-refractivity contribution in [3.8, 4) is 0 Å². The molecule has 0 amide bonds. The maximum absolute atomic E-state index is 11.4. The molecule has 0 radical (unpaired) electrons. The Balaban J connectivity index is 1.84. The highest BCUT2D eigenvalue weighted by Gasteiger charge is 2.65. The van der Waals surface area contributed by atoms with E-state index in [0.717, 1.165) is 0 Å². The van der Waals surface area contributed by atoms with Crippen molar-refractivity contribution >= 4 is 5.78 Å². The lowest BCUT2D eigenvalue weighted by atomic mass is 9.86. The van der Waals surface area contributed by atoms with Crippen molar-refractivity contribution in [3.63, 3.8) is 0 Å². The topological polar surface area (TPSA) is 83.5 Å². The number of fused-ring (bicyclic) bond motifs is 1. The van der Waals surface area contributed by atoms with E-state index >= 15 is 0 Å². The minimum atomic E-state index is -1.38. The van der Waals surface area contributed by atoms with E-state index in [0.29, 0.717) is 6.61 Å². The lowest BCUT2D eigenvalue weighted by molar-refractivity contribution is -0.247. The molecule has 0 aromatic rings. The van der Waals surface area contributed by atoms with Gasteiger partial charge in [0, 0.05) is 0 Å². The quantitative estimate of drug-likeness (QED) is 0.771. The number of carbonyl (C=O) groups is 1. The molecule has 5 atom stereocenters. The number of aliphatic hydroxyl groups is 1. The molecule has 136 valence electrons. The van der Waals surface area contributed by atoms with Crippen molar-refractivity contribution in [1.82, 2.24) is 0 Å². The van der Waals surface area contributed by atoms with Crippen LogP contribution < -0.4 is 0 Å². The highest BCUT2D eigenvalue weighted by Crippen LogP contribution is 2.47. The number of hydrogen-bond acceptors (Lipinski definition) is 7. The Morgan fingerprint density at radius 2 is 1.83 bits per heavy atom. The third-order valence-corrected chi connectivity index (χ3v) is 4.49. The lowest BCUT2D eigenvalue weighted by Crippen LogP contribution is -2.53. The Morgan fingerprint density at radius 3 is 2.42 bits per heavy atom. The molecule has 7 heteroatoms. The zero-order valence-electron chi connectivity index (χ0n) is 14.8. The minimum absolute atomic E-state index is 0.0869. The Morgan fingerprint density at radius 1 is 1.12 bits per heavy atom. The first-order valence-electron chi connectivity index (χ1n) is 8.25. The average molecular weight is 342 g/mol. The van der Waals surface area contributed by atoms with E-state index < -0.39 is 41.8 Å². The summed E-state index contributed by atoms with van der Waals surface area (Å²) in [5.41, 5.74) is -1.38. The molecule has 3 saturated heterocycles. The number of ether oxygens (including phenoxy) is 5. The summed E-state index contributed by atoms with van der Waals surface area (Å²) in [5, 5.41) is 11.4. The van der Waals surface area contributed by atoms with E-state index in [-0.39, 0.29) is 12.2 Å². The average Bonchev–Trinajstić information content (AvgIpc) is 3.01. The van der Waals surface area contributed by atoms with Crippen LogP contribution in [0.2, 0.25) is 0 Å². The first kappa shape index (κ1) is 18.0. The molecule has 0 aromatic carbocycles. The van der Waals surface area contributed by atoms with Crippen molar-refractivity contribution in [2.24, 2.45) is 0 Å². The maximum atomic E-state index is 11.4. The van der Waals surface area contributed by atoms with E-state index in [1.165, 1.54) is 13.0 Å². The summed E-state index contributed by atoms with van der Waals surface area (Å²) in [6.45, 7) is 8.93. The van der Waals surface area contributed by atoms with Crippen molar-refractivity contribution < 1.29 is 33.6 Å². The number of rotatable bonds is 4.